The Labute approximate surface area is 95.1 Å². The third kappa shape index (κ3) is 2.09. The van der Waals surface area contributed by atoms with Gasteiger partial charge in [0, 0.05) is 23.0 Å². The Morgan fingerprint density at radius 2 is 2.06 bits per heavy atom. The summed E-state index contributed by atoms with van der Waals surface area (Å²) in [5.74, 6) is -0.189. The number of hydrogen-bond acceptors (Lipinski definition) is 1. The fraction of sp³-hybridized carbons (Fsp3) is 0.385. The standard InChI is InChI=1S/C13H17FN2/c1-3-16(2)9-8-11-10-6-4-5-7-12(10)15-13(11)14/h4-7,15H,3,8-9H2,1-2H3. The van der Waals surface area contributed by atoms with Gasteiger partial charge in [0.05, 0.1) is 0 Å². The topological polar surface area (TPSA) is 19.0 Å². The number of nitrogens with one attached hydrogen (secondary N) is 1. The molecular weight excluding hydrogens is 203 g/mol. The summed E-state index contributed by atoms with van der Waals surface area (Å²) in [6.07, 6.45) is 0.750. The molecule has 1 aromatic carbocycles. The second-order valence-corrected chi connectivity index (χ2v) is 4.11. The number of aromatic nitrogens is 1. The van der Waals surface area contributed by atoms with E-state index >= 15 is 0 Å². The fourth-order valence-corrected chi connectivity index (χ4v) is 1.87. The summed E-state index contributed by atoms with van der Waals surface area (Å²) < 4.78 is 13.7. The van der Waals surface area contributed by atoms with Crippen LogP contribution in [0, 0.1) is 5.95 Å². The molecule has 1 heterocycles. The van der Waals surface area contributed by atoms with Crippen molar-refractivity contribution in [3.8, 4) is 0 Å². The molecule has 0 atom stereocenters. The van der Waals surface area contributed by atoms with E-state index in [2.05, 4.69) is 16.8 Å². The predicted molar refractivity (Wildman–Crippen MR) is 65.1 cm³/mol. The molecule has 0 amide bonds. The molecule has 0 spiro atoms. The van der Waals surface area contributed by atoms with Crippen LogP contribution in [0.15, 0.2) is 24.3 Å². The second kappa shape index (κ2) is 4.66. The number of hydrogen-bond donors (Lipinski definition) is 1. The predicted octanol–water partition coefficient (Wildman–Crippen LogP) is 2.80. The first-order valence-corrected chi connectivity index (χ1v) is 5.66. The van der Waals surface area contributed by atoms with E-state index in [4.69, 9.17) is 0 Å². The van der Waals surface area contributed by atoms with Crippen molar-refractivity contribution in [1.82, 2.24) is 9.88 Å². The minimum Gasteiger partial charge on any atom is -0.331 e. The van der Waals surface area contributed by atoms with Gasteiger partial charge in [-0.1, -0.05) is 25.1 Å². The Kier molecular flexibility index (Phi) is 3.25. The zero-order chi connectivity index (χ0) is 11.5. The van der Waals surface area contributed by atoms with Crippen LogP contribution in [0.2, 0.25) is 0 Å². The highest BCUT2D eigenvalue weighted by molar-refractivity contribution is 5.83. The Morgan fingerprint density at radius 1 is 1.31 bits per heavy atom. The van der Waals surface area contributed by atoms with Crippen molar-refractivity contribution < 1.29 is 4.39 Å². The average molecular weight is 220 g/mol. The van der Waals surface area contributed by atoms with Gasteiger partial charge in [-0.05, 0) is 26.1 Å². The molecule has 16 heavy (non-hydrogen) atoms. The third-order valence-corrected chi connectivity index (χ3v) is 3.04. The highest BCUT2D eigenvalue weighted by Crippen LogP contribution is 2.21. The summed E-state index contributed by atoms with van der Waals surface area (Å²) in [6, 6.07) is 7.74. The number of halogens is 1. The first-order valence-electron chi connectivity index (χ1n) is 5.66. The molecule has 0 bridgehead atoms. The fourth-order valence-electron chi connectivity index (χ4n) is 1.87. The number of aromatic amines is 1. The van der Waals surface area contributed by atoms with Gasteiger partial charge < -0.3 is 9.88 Å². The lowest BCUT2D eigenvalue weighted by Crippen LogP contribution is -2.20. The number of fused-ring (bicyclic) bond motifs is 1. The van der Waals surface area contributed by atoms with Crippen molar-refractivity contribution in [2.24, 2.45) is 0 Å². The Hall–Kier alpha value is -1.35. The number of likely N-dealkylation sites (N-methyl/N-ethyl adjacent to an activating group) is 1. The van der Waals surface area contributed by atoms with Crippen LogP contribution in [-0.4, -0.2) is 30.0 Å². The molecule has 0 fully saturated rings. The highest BCUT2D eigenvalue weighted by atomic mass is 19.1. The van der Waals surface area contributed by atoms with Gasteiger partial charge in [-0.3, -0.25) is 0 Å². The number of benzene rings is 1. The maximum absolute atomic E-state index is 13.7. The number of rotatable bonds is 4. The lowest BCUT2D eigenvalue weighted by molar-refractivity contribution is 0.355. The molecule has 2 rings (SSSR count). The summed E-state index contributed by atoms with van der Waals surface area (Å²) in [5, 5.41) is 1.00. The molecule has 1 aromatic heterocycles. The van der Waals surface area contributed by atoms with Crippen molar-refractivity contribution in [1.29, 1.82) is 0 Å². The van der Waals surface area contributed by atoms with Crippen LogP contribution >= 0.6 is 0 Å². The maximum atomic E-state index is 13.7. The monoisotopic (exact) mass is 220 g/mol. The van der Waals surface area contributed by atoms with Crippen molar-refractivity contribution in [2.45, 2.75) is 13.3 Å². The van der Waals surface area contributed by atoms with Gasteiger partial charge in [-0.15, -0.1) is 0 Å². The molecule has 0 aliphatic heterocycles. The summed E-state index contributed by atoms with van der Waals surface area (Å²) in [7, 11) is 2.05. The van der Waals surface area contributed by atoms with Gasteiger partial charge in [0.2, 0.25) is 0 Å². The molecule has 0 aliphatic carbocycles. The number of H-pyrrole nitrogens is 1. The first kappa shape index (κ1) is 11.1. The van der Waals surface area contributed by atoms with Crippen molar-refractivity contribution >= 4 is 10.9 Å². The van der Waals surface area contributed by atoms with Crippen molar-refractivity contribution in [3.05, 3.63) is 35.8 Å². The van der Waals surface area contributed by atoms with Crippen LogP contribution in [0.1, 0.15) is 12.5 Å². The zero-order valence-corrected chi connectivity index (χ0v) is 9.76. The zero-order valence-electron chi connectivity index (χ0n) is 9.76. The minimum absolute atomic E-state index is 0.189. The molecule has 1 N–H and O–H groups in total. The van der Waals surface area contributed by atoms with E-state index in [0.29, 0.717) is 0 Å². The van der Waals surface area contributed by atoms with Crippen molar-refractivity contribution in [2.75, 3.05) is 20.1 Å². The van der Waals surface area contributed by atoms with E-state index < -0.39 is 0 Å². The lowest BCUT2D eigenvalue weighted by atomic mass is 10.1. The van der Waals surface area contributed by atoms with Gasteiger partial charge in [-0.2, -0.15) is 4.39 Å². The summed E-state index contributed by atoms with van der Waals surface area (Å²) >= 11 is 0. The lowest BCUT2D eigenvalue weighted by Gasteiger charge is -2.12. The van der Waals surface area contributed by atoms with E-state index in [9.17, 15) is 4.39 Å². The number of para-hydroxylation sites is 1. The Bertz CT molecular complexity index is 476. The molecule has 3 heteroatoms. The van der Waals surface area contributed by atoms with Crippen LogP contribution in [0.4, 0.5) is 4.39 Å². The van der Waals surface area contributed by atoms with Gasteiger partial charge in [0.15, 0.2) is 5.95 Å². The van der Waals surface area contributed by atoms with Crippen LogP contribution in [0.3, 0.4) is 0 Å². The molecule has 0 saturated heterocycles. The van der Waals surface area contributed by atoms with Gasteiger partial charge in [0.1, 0.15) is 0 Å². The summed E-state index contributed by atoms with van der Waals surface area (Å²) in [4.78, 5) is 4.97. The summed E-state index contributed by atoms with van der Waals surface area (Å²) in [5.41, 5.74) is 1.69. The number of nitrogens with zero attached hydrogens (tertiary/aromatic N) is 1. The minimum atomic E-state index is -0.189. The third-order valence-electron chi connectivity index (χ3n) is 3.04. The highest BCUT2D eigenvalue weighted by Gasteiger charge is 2.10. The van der Waals surface area contributed by atoms with E-state index in [1.165, 1.54) is 0 Å². The van der Waals surface area contributed by atoms with Crippen LogP contribution in [0.25, 0.3) is 10.9 Å². The molecule has 2 nitrogen and oxygen atoms in total. The smallest absolute Gasteiger partial charge is 0.195 e. The summed E-state index contributed by atoms with van der Waals surface area (Å²) in [6.45, 7) is 3.98. The van der Waals surface area contributed by atoms with E-state index in [0.717, 1.165) is 36.0 Å². The molecule has 0 saturated carbocycles. The van der Waals surface area contributed by atoms with E-state index in [1.807, 2.05) is 31.3 Å². The Balaban J connectivity index is 2.26. The van der Waals surface area contributed by atoms with Gasteiger partial charge in [-0.25, -0.2) is 0 Å². The maximum Gasteiger partial charge on any atom is 0.195 e. The molecule has 2 aromatic rings. The van der Waals surface area contributed by atoms with Gasteiger partial charge in [0.25, 0.3) is 0 Å². The normalized spacial score (nSPS) is 11.5. The van der Waals surface area contributed by atoms with E-state index in [-0.39, 0.29) is 5.95 Å². The average Bonchev–Trinajstić information content (AvgIpc) is 2.62. The first-order chi connectivity index (χ1) is 7.72. The quantitative estimate of drug-likeness (QED) is 0.839. The molecule has 0 unspecified atom stereocenters. The van der Waals surface area contributed by atoms with Crippen LogP contribution < -0.4 is 0 Å². The van der Waals surface area contributed by atoms with Crippen LogP contribution in [-0.2, 0) is 6.42 Å². The SMILES string of the molecule is CCN(C)CCc1c(F)[nH]c2ccccc12. The van der Waals surface area contributed by atoms with E-state index in [1.54, 1.807) is 0 Å². The molecule has 86 valence electrons. The van der Waals surface area contributed by atoms with Gasteiger partial charge >= 0.3 is 0 Å². The second-order valence-electron chi connectivity index (χ2n) is 4.11. The van der Waals surface area contributed by atoms with Crippen molar-refractivity contribution in [3.63, 3.8) is 0 Å². The largest absolute Gasteiger partial charge is 0.331 e. The Morgan fingerprint density at radius 3 is 2.81 bits per heavy atom. The van der Waals surface area contributed by atoms with Crippen LogP contribution in [0.5, 0.6) is 0 Å². The molecule has 0 radical (unpaired) electrons. The molecule has 0 aliphatic rings. The molecular formula is C13H17FN2.